The van der Waals surface area contributed by atoms with Gasteiger partial charge in [0.25, 0.3) is 6.33 Å². The Bertz CT molecular complexity index is 3950. The topological polar surface area (TPSA) is 35.9 Å². The van der Waals surface area contributed by atoms with E-state index >= 15 is 0 Å². The second-order valence-corrected chi connectivity index (χ2v) is 22.1. The molecular formula is C66H56N4O. The molecule has 0 saturated heterocycles. The summed E-state index contributed by atoms with van der Waals surface area (Å²) in [5.74, 6) is 2.37. The Balaban J connectivity index is 1.01. The van der Waals surface area contributed by atoms with E-state index in [0.717, 1.165) is 85.7 Å². The normalized spacial score (nSPS) is 14.5. The minimum atomic E-state index is -0.0212. The predicted octanol–water partition coefficient (Wildman–Crippen LogP) is 16.6. The molecule has 8 aromatic carbocycles. The summed E-state index contributed by atoms with van der Waals surface area (Å²) in [5, 5.41) is 2.33. The standard InChI is InChI=1S/C66H56N4O/c1-64(2,3)43-32-35-67-61(36-43)70-58-28-14-13-24-50(58)51-31-30-46(38-60(51)70)71-45-21-15-20-44(37-45)68-41-69-62-47(42-18-9-8-10-19-42)25-16-26-53(62)55-40-57-56(65(4,5)33-34-66(57,6)7)39-54(55)49-23-12-11-22-48(49)52-27-17-29-59(68)63(52)69/h8-32,35-40H,33-34H2,1-7H3. The first-order valence-electron chi connectivity index (χ1n) is 25.1. The number of rotatable bonds is 5. The highest BCUT2D eigenvalue weighted by molar-refractivity contribution is 6.09. The van der Waals surface area contributed by atoms with Gasteiger partial charge >= 0.3 is 0 Å². The molecule has 0 radical (unpaired) electrons. The van der Waals surface area contributed by atoms with Crippen molar-refractivity contribution in [1.29, 1.82) is 0 Å². The number of pyridine rings is 1. The summed E-state index contributed by atoms with van der Waals surface area (Å²) in [7, 11) is 0. The number of imidazole rings is 1. The number of ether oxygens (including phenoxy) is 1. The number of nitrogens with zero attached hydrogens (tertiary/aromatic N) is 4. The molecule has 5 heteroatoms. The minimum absolute atomic E-state index is 0.0212. The fourth-order valence-electron chi connectivity index (χ4n) is 11.7. The van der Waals surface area contributed by atoms with Gasteiger partial charge in [-0.25, -0.2) is 4.98 Å². The van der Waals surface area contributed by atoms with Crippen molar-refractivity contribution in [3.05, 3.63) is 211 Å². The molecule has 0 spiro atoms. The van der Waals surface area contributed by atoms with E-state index in [1.165, 1.54) is 49.9 Å². The largest absolute Gasteiger partial charge is 0.458 e. The summed E-state index contributed by atoms with van der Waals surface area (Å²) in [6, 6.07) is 66.3. The predicted molar refractivity (Wildman–Crippen MR) is 292 cm³/mol. The van der Waals surface area contributed by atoms with E-state index in [9.17, 15) is 0 Å². The van der Waals surface area contributed by atoms with Crippen LogP contribution in [0.3, 0.4) is 0 Å². The molecule has 0 unspecified atom stereocenters. The Kier molecular flexibility index (Phi) is 9.54. The van der Waals surface area contributed by atoms with E-state index in [-0.39, 0.29) is 16.2 Å². The molecule has 0 saturated carbocycles. The van der Waals surface area contributed by atoms with Crippen LogP contribution in [0.4, 0.5) is 0 Å². The summed E-state index contributed by atoms with van der Waals surface area (Å²) < 4.78 is 13.7. The van der Waals surface area contributed by atoms with Gasteiger partial charge in [-0.15, -0.1) is 0 Å². The highest BCUT2D eigenvalue weighted by Crippen LogP contribution is 2.52. The van der Waals surface area contributed by atoms with Crippen molar-refractivity contribution in [3.63, 3.8) is 0 Å². The van der Waals surface area contributed by atoms with Crippen LogP contribution >= 0.6 is 0 Å². The van der Waals surface area contributed by atoms with Crippen LogP contribution < -0.4 is 9.30 Å². The number of para-hydroxylation sites is 3. The first-order valence-corrected chi connectivity index (χ1v) is 25.1. The molecule has 11 aromatic rings. The van der Waals surface area contributed by atoms with E-state index in [0.29, 0.717) is 0 Å². The van der Waals surface area contributed by atoms with Crippen molar-refractivity contribution in [2.75, 3.05) is 0 Å². The Morgan fingerprint density at radius 3 is 1.90 bits per heavy atom. The fourth-order valence-corrected chi connectivity index (χ4v) is 11.7. The zero-order valence-electron chi connectivity index (χ0n) is 41.5. The molecule has 1 aliphatic carbocycles. The Morgan fingerprint density at radius 2 is 1.13 bits per heavy atom. The highest BCUT2D eigenvalue weighted by Gasteiger charge is 2.39. The maximum absolute atomic E-state index is 6.88. The van der Waals surface area contributed by atoms with Gasteiger partial charge < -0.3 is 4.74 Å². The van der Waals surface area contributed by atoms with Crippen molar-refractivity contribution >= 4 is 32.8 Å². The summed E-state index contributed by atoms with van der Waals surface area (Å²) in [5.41, 5.74) is 20.1. The lowest BCUT2D eigenvalue weighted by Gasteiger charge is -2.42. The lowest BCUT2D eigenvalue weighted by molar-refractivity contribution is -0.570. The molecule has 71 heavy (non-hydrogen) atoms. The molecule has 1 aliphatic heterocycles. The molecule has 346 valence electrons. The van der Waals surface area contributed by atoms with Crippen LogP contribution in [-0.4, -0.2) is 14.1 Å². The molecule has 0 atom stereocenters. The number of hydrogen-bond donors (Lipinski definition) is 0. The lowest BCUT2D eigenvalue weighted by Crippen LogP contribution is -2.34. The van der Waals surface area contributed by atoms with Crippen LogP contribution in [0.15, 0.2) is 188 Å². The first-order chi connectivity index (χ1) is 34.3. The zero-order chi connectivity index (χ0) is 48.4. The molecule has 3 aromatic heterocycles. The average Bonchev–Trinajstić information content (AvgIpc) is 3.94. The van der Waals surface area contributed by atoms with E-state index in [4.69, 9.17) is 9.72 Å². The second-order valence-electron chi connectivity index (χ2n) is 22.1. The number of hydrogen-bond acceptors (Lipinski definition) is 2. The molecule has 5 nitrogen and oxygen atoms in total. The van der Waals surface area contributed by atoms with Crippen molar-refractivity contribution in [2.24, 2.45) is 0 Å². The third kappa shape index (κ3) is 6.88. The molecular weight excluding hydrogens is 865 g/mol. The molecule has 4 heterocycles. The summed E-state index contributed by atoms with van der Waals surface area (Å²) in [6.45, 7) is 16.5. The quantitative estimate of drug-likeness (QED) is 0.127. The van der Waals surface area contributed by atoms with E-state index in [2.05, 4.69) is 244 Å². The van der Waals surface area contributed by atoms with Crippen molar-refractivity contribution in [3.8, 4) is 73.2 Å². The van der Waals surface area contributed by atoms with Crippen LogP contribution in [0.1, 0.15) is 78.0 Å². The Morgan fingerprint density at radius 1 is 0.521 bits per heavy atom. The van der Waals surface area contributed by atoms with Crippen molar-refractivity contribution in [2.45, 2.75) is 77.6 Å². The summed E-state index contributed by atoms with van der Waals surface area (Å²) in [4.78, 5) is 4.92. The minimum Gasteiger partial charge on any atom is -0.458 e. The third-order valence-corrected chi connectivity index (χ3v) is 15.6. The van der Waals surface area contributed by atoms with Gasteiger partial charge in [-0.1, -0.05) is 170 Å². The SMILES string of the molecule is CC(C)(C)c1ccnc(-n2c3ccccc3c3ccc(Oc4cccc(-n5[c-][n+]6c7c(cccc75)-c5ccccc5-c5cc7c(cc5-c5cccc(-c8ccccc8)c5-6)C(C)(C)CCC7(C)C)c4)cc32)c1. The lowest BCUT2D eigenvalue weighted by atomic mass is 9.62. The molecule has 0 amide bonds. The molecule has 13 rings (SSSR count). The second kappa shape index (κ2) is 15.7. The van der Waals surface area contributed by atoms with Gasteiger partial charge in [0.2, 0.25) is 0 Å². The summed E-state index contributed by atoms with van der Waals surface area (Å²) in [6.07, 6.45) is 8.22. The van der Waals surface area contributed by atoms with E-state index in [1.54, 1.807) is 0 Å². The average molecular weight is 921 g/mol. The molecule has 0 N–H and O–H groups in total. The molecule has 0 bridgehead atoms. The molecule has 2 aliphatic rings. The van der Waals surface area contributed by atoms with Crippen LogP contribution in [0, 0.1) is 6.33 Å². The van der Waals surface area contributed by atoms with Crippen molar-refractivity contribution in [1.82, 2.24) is 14.1 Å². The van der Waals surface area contributed by atoms with Gasteiger partial charge in [-0.2, -0.15) is 0 Å². The smallest absolute Gasteiger partial charge is 0.269 e. The Labute approximate surface area is 416 Å². The maximum Gasteiger partial charge on any atom is 0.269 e. The van der Waals surface area contributed by atoms with Gasteiger partial charge in [0.1, 0.15) is 17.3 Å². The first kappa shape index (κ1) is 43.0. The van der Waals surface area contributed by atoms with Crippen LogP contribution in [0.5, 0.6) is 11.5 Å². The summed E-state index contributed by atoms with van der Waals surface area (Å²) >= 11 is 0. The van der Waals surface area contributed by atoms with Crippen molar-refractivity contribution < 1.29 is 9.30 Å². The van der Waals surface area contributed by atoms with Gasteiger partial charge in [-0.3, -0.25) is 13.7 Å². The van der Waals surface area contributed by atoms with Gasteiger partial charge in [-0.05, 0) is 145 Å². The van der Waals surface area contributed by atoms with Gasteiger partial charge in [0, 0.05) is 23.0 Å². The number of benzene rings is 8. The van der Waals surface area contributed by atoms with E-state index in [1.807, 2.05) is 12.3 Å². The molecule has 0 fully saturated rings. The monoisotopic (exact) mass is 920 g/mol. The highest BCUT2D eigenvalue weighted by atomic mass is 16.5. The Hall–Kier alpha value is -8.02. The third-order valence-electron chi connectivity index (χ3n) is 15.6. The number of fused-ring (bicyclic) bond motifs is 11. The van der Waals surface area contributed by atoms with Gasteiger partial charge in [0.15, 0.2) is 0 Å². The van der Waals surface area contributed by atoms with Gasteiger partial charge in [0.05, 0.1) is 33.4 Å². The van der Waals surface area contributed by atoms with Crippen LogP contribution in [0.25, 0.3) is 94.5 Å². The van der Waals surface area contributed by atoms with Crippen LogP contribution in [-0.2, 0) is 16.2 Å². The van der Waals surface area contributed by atoms with Crippen LogP contribution in [0.2, 0.25) is 0 Å². The van der Waals surface area contributed by atoms with E-state index < -0.39 is 0 Å². The zero-order valence-corrected chi connectivity index (χ0v) is 41.5. The maximum atomic E-state index is 6.88. The fraction of sp³-hybridized carbons (Fsp3) is 0.182. The number of aromatic nitrogens is 4.